The lowest BCUT2D eigenvalue weighted by Gasteiger charge is -2.30. The molecule has 1 aliphatic heterocycles. The third-order valence-corrected chi connectivity index (χ3v) is 4.51. The first-order valence-electron chi connectivity index (χ1n) is 8.84. The number of para-hydroxylation sites is 1. The van der Waals surface area contributed by atoms with Crippen molar-refractivity contribution in [3.63, 3.8) is 0 Å². The van der Waals surface area contributed by atoms with Crippen molar-refractivity contribution in [2.45, 2.75) is 39.2 Å². The number of rotatable bonds is 8. The summed E-state index contributed by atoms with van der Waals surface area (Å²) in [6.07, 6.45) is 2.30. The van der Waals surface area contributed by atoms with Crippen molar-refractivity contribution in [2.75, 3.05) is 31.6 Å². The molecular formula is C19H29N3O2. The van der Waals surface area contributed by atoms with E-state index in [-0.39, 0.29) is 23.8 Å². The van der Waals surface area contributed by atoms with Gasteiger partial charge in [-0.15, -0.1) is 0 Å². The molecule has 2 rings (SSSR count). The molecule has 2 amide bonds. The van der Waals surface area contributed by atoms with E-state index in [0.717, 1.165) is 19.4 Å². The second-order valence-electron chi connectivity index (χ2n) is 6.78. The summed E-state index contributed by atoms with van der Waals surface area (Å²) in [5, 5.41) is 3.01. The van der Waals surface area contributed by atoms with Gasteiger partial charge >= 0.3 is 0 Å². The summed E-state index contributed by atoms with van der Waals surface area (Å²) in [6, 6.07) is 9.86. The highest BCUT2D eigenvalue weighted by Crippen LogP contribution is 2.19. The fourth-order valence-electron chi connectivity index (χ4n) is 3.21. The van der Waals surface area contributed by atoms with Gasteiger partial charge in [-0.3, -0.25) is 9.59 Å². The molecule has 0 aromatic heterocycles. The molecule has 0 saturated carbocycles. The highest BCUT2D eigenvalue weighted by atomic mass is 16.2. The molecule has 1 saturated heterocycles. The predicted molar refractivity (Wildman–Crippen MR) is 96.9 cm³/mol. The van der Waals surface area contributed by atoms with Gasteiger partial charge in [0.05, 0.1) is 0 Å². The van der Waals surface area contributed by atoms with E-state index in [4.69, 9.17) is 0 Å². The maximum Gasteiger partial charge on any atom is 0.243 e. The number of likely N-dealkylation sites (tertiary alicyclic amines) is 1. The average molecular weight is 331 g/mol. The molecule has 5 heteroatoms. The van der Waals surface area contributed by atoms with E-state index in [9.17, 15) is 9.59 Å². The number of nitrogens with one attached hydrogen (secondary N) is 1. The molecule has 132 valence electrons. The molecular weight excluding hydrogens is 302 g/mol. The lowest BCUT2D eigenvalue weighted by atomic mass is 10.0. The summed E-state index contributed by atoms with van der Waals surface area (Å²) in [5.74, 6) is 0.203. The number of carbonyl (C=O) groups is 2. The molecule has 1 N–H and O–H groups in total. The van der Waals surface area contributed by atoms with Crippen LogP contribution in [0, 0.1) is 5.92 Å². The standard InChI is InChI=1S/C19H29N3O2/c1-15(2)18(22-14-7-11-17(22)23)19(24)20-12-8-13-21(3)16-9-5-4-6-10-16/h4-6,9-10,15,18H,7-8,11-14H2,1-3H3,(H,20,24). The van der Waals surface area contributed by atoms with Crippen LogP contribution in [0.4, 0.5) is 5.69 Å². The molecule has 1 aromatic carbocycles. The molecule has 1 aromatic rings. The Bertz CT molecular complexity index is 545. The molecule has 1 fully saturated rings. The monoisotopic (exact) mass is 331 g/mol. The molecule has 1 heterocycles. The van der Waals surface area contributed by atoms with Crippen LogP contribution in [-0.2, 0) is 9.59 Å². The first kappa shape index (κ1) is 18.3. The van der Waals surface area contributed by atoms with Crippen LogP contribution in [0.5, 0.6) is 0 Å². The maximum atomic E-state index is 12.5. The topological polar surface area (TPSA) is 52.7 Å². The van der Waals surface area contributed by atoms with Gasteiger partial charge in [0.1, 0.15) is 6.04 Å². The van der Waals surface area contributed by atoms with E-state index in [1.54, 1.807) is 4.90 Å². The van der Waals surface area contributed by atoms with Gasteiger partial charge in [-0.25, -0.2) is 0 Å². The van der Waals surface area contributed by atoms with E-state index in [1.807, 2.05) is 32.0 Å². The molecule has 5 nitrogen and oxygen atoms in total. The Morgan fingerprint density at radius 3 is 2.58 bits per heavy atom. The van der Waals surface area contributed by atoms with Crippen molar-refractivity contribution in [3.8, 4) is 0 Å². The fourth-order valence-corrected chi connectivity index (χ4v) is 3.21. The SMILES string of the molecule is CC(C)C(C(=O)NCCCN(C)c1ccccc1)N1CCCC1=O. The van der Waals surface area contributed by atoms with Crippen LogP contribution in [0.15, 0.2) is 30.3 Å². The van der Waals surface area contributed by atoms with E-state index >= 15 is 0 Å². The fraction of sp³-hybridized carbons (Fsp3) is 0.579. The highest BCUT2D eigenvalue weighted by molar-refractivity contribution is 5.88. The van der Waals surface area contributed by atoms with Crippen LogP contribution >= 0.6 is 0 Å². The van der Waals surface area contributed by atoms with Crippen LogP contribution < -0.4 is 10.2 Å². The van der Waals surface area contributed by atoms with E-state index in [0.29, 0.717) is 19.5 Å². The number of carbonyl (C=O) groups excluding carboxylic acids is 2. The van der Waals surface area contributed by atoms with Crippen LogP contribution in [0.2, 0.25) is 0 Å². The first-order chi connectivity index (χ1) is 11.5. The Hall–Kier alpha value is -2.04. The van der Waals surface area contributed by atoms with Gasteiger partial charge in [0, 0.05) is 38.8 Å². The van der Waals surface area contributed by atoms with Crippen molar-refractivity contribution in [1.29, 1.82) is 0 Å². The Morgan fingerprint density at radius 2 is 2.00 bits per heavy atom. The molecule has 0 aliphatic carbocycles. The number of hydrogen-bond donors (Lipinski definition) is 1. The number of anilines is 1. The Balaban J connectivity index is 1.78. The number of benzene rings is 1. The second-order valence-corrected chi connectivity index (χ2v) is 6.78. The summed E-state index contributed by atoms with van der Waals surface area (Å²) in [6.45, 7) is 6.20. The van der Waals surface area contributed by atoms with Gasteiger partial charge in [-0.05, 0) is 30.9 Å². The largest absolute Gasteiger partial charge is 0.375 e. The van der Waals surface area contributed by atoms with Crippen LogP contribution in [0.1, 0.15) is 33.1 Å². The predicted octanol–water partition coefficient (Wildman–Crippen LogP) is 2.28. The van der Waals surface area contributed by atoms with Gasteiger partial charge in [0.2, 0.25) is 11.8 Å². The number of nitrogens with zero attached hydrogens (tertiary/aromatic N) is 2. The summed E-state index contributed by atoms with van der Waals surface area (Å²) in [5.41, 5.74) is 1.17. The van der Waals surface area contributed by atoms with Gasteiger partial charge in [-0.2, -0.15) is 0 Å². The zero-order valence-corrected chi connectivity index (χ0v) is 15.0. The van der Waals surface area contributed by atoms with Crippen LogP contribution in [-0.4, -0.2) is 49.4 Å². The third-order valence-electron chi connectivity index (χ3n) is 4.51. The van der Waals surface area contributed by atoms with E-state index in [2.05, 4.69) is 29.4 Å². The van der Waals surface area contributed by atoms with Crippen molar-refractivity contribution in [2.24, 2.45) is 5.92 Å². The molecule has 24 heavy (non-hydrogen) atoms. The molecule has 0 bridgehead atoms. The van der Waals surface area contributed by atoms with Gasteiger partial charge in [0.25, 0.3) is 0 Å². The minimum Gasteiger partial charge on any atom is -0.375 e. The Kier molecular flexibility index (Phi) is 6.64. The summed E-state index contributed by atoms with van der Waals surface area (Å²) >= 11 is 0. The highest BCUT2D eigenvalue weighted by Gasteiger charge is 2.34. The minimum atomic E-state index is -0.341. The number of amides is 2. The lowest BCUT2D eigenvalue weighted by Crippen LogP contribution is -2.50. The molecule has 0 radical (unpaired) electrons. The van der Waals surface area contributed by atoms with Crippen molar-refractivity contribution < 1.29 is 9.59 Å². The van der Waals surface area contributed by atoms with Crippen molar-refractivity contribution >= 4 is 17.5 Å². The zero-order chi connectivity index (χ0) is 17.5. The maximum absolute atomic E-state index is 12.5. The average Bonchev–Trinajstić information content (AvgIpc) is 2.98. The van der Waals surface area contributed by atoms with E-state index in [1.165, 1.54) is 5.69 Å². The summed E-state index contributed by atoms with van der Waals surface area (Å²) in [7, 11) is 2.05. The summed E-state index contributed by atoms with van der Waals surface area (Å²) in [4.78, 5) is 28.4. The minimum absolute atomic E-state index is 0.0254. The molecule has 0 spiro atoms. The molecule has 1 atom stereocenters. The lowest BCUT2D eigenvalue weighted by molar-refractivity contribution is -0.139. The Morgan fingerprint density at radius 1 is 1.29 bits per heavy atom. The summed E-state index contributed by atoms with van der Waals surface area (Å²) < 4.78 is 0. The van der Waals surface area contributed by atoms with Crippen LogP contribution in [0.25, 0.3) is 0 Å². The smallest absolute Gasteiger partial charge is 0.243 e. The Labute approximate surface area is 145 Å². The first-order valence-corrected chi connectivity index (χ1v) is 8.84. The van der Waals surface area contributed by atoms with Gasteiger partial charge in [-0.1, -0.05) is 32.0 Å². The van der Waals surface area contributed by atoms with Gasteiger partial charge in [0.15, 0.2) is 0 Å². The molecule has 1 unspecified atom stereocenters. The normalized spacial score (nSPS) is 15.7. The molecule has 1 aliphatic rings. The van der Waals surface area contributed by atoms with Crippen molar-refractivity contribution in [3.05, 3.63) is 30.3 Å². The third kappa shape index (κ3) is 4.73. The van der Waals surface area contributed by atoms with Crippen LogP contribution in [0.3, 0.4) is 0 Å². The van der Waals surface area contributed by atoms with Crippen molar-refractivity contribution in [1.82, 2.24) is 10.2 Å². The van der Waals surface area contributed by atoms with E-state index < -0.39 is 0 Å². The van der Waals surface area contributed by atoms with Gasteiger partial charge < -0.3 is 15.1 Å². The second kappa shape index (κ2) is 8.71. The number of hydrogen-bond acceptors (Lipinski definition) is 3. The zero-order valence-electron chi connectivity index (χ0n) is 15.0. The quantitative estimate of drug-likeness (QED) is 0.744.